The Kier molecular flexibility index (Phi) is 5.65. The van der Waals surface area contributed by atoms with Gasteiger partial charge in [0.05, 0.1) is 6.54 Å². The van der Waals surface area contributed by atoms with Crippen molar-refractivity contribution < 1.29 is 0 Å². The molecule has 0 radical (unpaired) electrons. The maximum atomic E-state index is 5.90. The van der Waals surface area contributed by atoms with E-state index >= 15 is 0 Å². The lowest BCUT2D eigenvalue weighted by Crippen LogP contribution is -2.37. The van der Waals surface area contributed by atoms with Crippen LogP contribution in [0.25, 0.3) is 10.1 Å². The van der Waals surface area contributed by atoms with Crippen molar-refractivity contribution in [3.8, 4) is 0 Å². The van der Waals surface area contributed by atoms with E-state index in [0.29, 0.717) is 12.5 Å². The number of fused-ring (bicyclic) bond motifs is 1. The monoisotopic (exact) mass is 401 g/mol. The summed E-state index contributed by atoms with van der Waals surface area (Å²) in [5.74, 6) is 1.37. The summed E-state index contributed by atoms with van der Waals surface area (Å²) in [4.78, 5) is 4.44. The summed E-state index contributed by atoms with van der Waals surface area (Å²) in [5.41, 5.74) is 7.16. The first-order valence-electron chi connectivity index (χ1n) is 6.82. The van der Waals surface area contributed by atoms with Crippen LogP contribution in [0.1, 0.15) is 24.8 Å². The zero-order valence-corrected chi connectivity index (χ0v) is 14.5. The van der Waals surface area contributed by atoms with Gasteiger partial charge in [0.25, 0.3) is 0 Å². The second-order valence-corrected chi connectivity index (χ2v) is 6.05. The van der Waals surface area contributed by atoms with E-state index in [0.717, 1.165) is 12.5 Å². The lowest BCUT2D eigenvalue weighted by molar-refractivity contribution is 0.315. The quantitative estimate of drug-likeness (QED) is 0.466. The number of nitrogens with zero attached hydrogens (tertiary/aromatic N) is 1. The first-order chi connectivity index (χ1) is 9.33. The standard InChI is InChI=1S/C15H19N3S.HI/c16-15(17-8-11-4-3-5-11)18-9-12-10-19-14-7-2-1-6-13(12)14;/h1-2,6-7,10-11H,3-5,8-9H2,(H3,16,17,18);1H. The molecule has 2 aromatic rings. The van der Waals surface area contributed by atoms with Crippen molar-refractivity contribution in [2.75, 3.05) is 6.54 Å². The van der Waals surface area contributed by atoms with Crippen molar-refractivity contribution in [1.29, 1.82) is 0 Å². The third-order valence-corrected chi connectivity index (χ3v) is 4.79. The summed E-state index contributed by atoms with van der Waals surface area (Å²) < 4.78 is 1.31. The number of guanidine groups is 1. The van der Waals surface area contributed by atoms with Gasteiger partial charge in [-0.25, -0.2) is 4.99 Å². The van der Waals surface area contributed by atoms with Crippen LogP contribution in [0.15, 0.2) is 34.6 Å². The molecular formula is C15H20IN3S. The molecule has 1 aliphatic rings. The van der Waals surface area contributed by atoms with Gasteiger partial charge in [0.1, 0.15) is 0 Å². The molecule has 3 N–H and O–H groups in total. The highest BCUT2D eigenvalue weighted by atomic mass is 127. The molecule has 1 aliphatic carbocycles. The third kappa shape index (κ3) is 3.63. The molecule has 0 spiro atoms. The molecule has 0 unspecified atom stereocenters. The molecule has 0 saturated heterocycles. The summed E-state index contributed by atoms with van der Waals surface area (Å²) in [6.07, 6.45) is 4.02. The molecule has 0 atom stereocenters. The van der Waals surface area contributed by atoms with E-state index in [4.69, 9.17) is 5.73 Å². The minimum absolute atomic E-state index is 0. The van der Waals surface area contributed by atoms with Crippen LogP contribution in [-0.2, 0) is 6.54 Å². The third-order valence-electron chi connectivity index (χ3n) is 3.78. The van der Waals surface area contributed by atoms with Crippen LogP contribution < -0.4 is 11.1 Å². The van der Waals surface area contributed by atoms with E-state index in [1.165, 1.54) is 34.9 Å². The first kappa shape index (κ1) is 15.6. The summed E-state index contributed by atoms with van der Waals surface area (Å²) in [7, 11) is 0. The van der Waals surface area contributed by atoms with Crippen LogP contribution in [0.3, 0.4) is 0 Å². The number of aliphatic imine (C=N–C) groups is 1. The average molecular weight is 401 g/mol. The summed E-state index contributed by atoms with van der Waals surface area (Å²) in [5, 5.41) is 6.69. The van der Waals surface area contributed by atoms with Gasteiger partial charge < -0.3 is 11.1 Å². The number of thiophene rings is 1. The van der Waals surface area contributed by atoms with E-state index in [1.54, 1.807) is 11.3 Å². The molecule has 0 bridgehead atoms. The number of nitrogens with two attached hydrogens (primary N) is 1. The van der Waals surface area contributed by atoms with E-state index in [-0.39, 0.29) is 24.0 Å². The summed E-state index contributed by atoms with van der Waals surface area (Å²) >= 11 is 1.77. The summed E-state index contributed by atoms with van der Waals surface area (Å²) in [6.45, 7) is 1.63. The highest BCUT2D eigenvalue weighted by molar-refractivity contribution is 14.0. The molecule has 3 rings (SSSR count). The fourth-order valence-electron chi connectivity index (χ4n) is 2.33. The molecule has 1 saturated carbocycles. The normalized spacial score (nSPS) is 15.7. The number of hydrogen-bond acceptors (Lipinski definition) is 2. The van der Waals surface area contributed by atoms with Gasteiger partial charge in [-0.1, -0.05) is 24.6 Å². The molecule has 5 heteroatoms. The second kappa shape index (κ2) is 7.26. The van der Waals surface area contributed by atoms with Gasteiger partial charge in [0.15, 0.2) is 5.96 Å². The van der Waals surface area contributed by atoms with Crippen molar-refractivity contribution in [2.24, 2.45) is 16.6 Å². The smallest absolute Gasteiger partial charge is 0.188 e. The largest absolute Gasteiger partial charge is 0.370 e. The molecule has 1 heterocycles. The Morgan fingerprint density at radius 2 is 2.15 bits per heavy atom. The van der Waals surface area contributed by atoms with E-state index in [2.05, 4.69) is 40.0 Å². The fourth-order valence-corrected chi connectivity index (χ4v) is 3.28. The van der Waals surface area contributed by atoms with Crippen LogP contribution in [0.5, 0.6) is 0 Å². The van der Waals surface area contributed by atoms with E-state index in [1.807, 2.05) is 0 Å². The van der Waals surface area contributed by atoms with Crippen molar-refractivity contribution in [3.05, 3.63) is 35.2 Å². The summed E-state index contributed by atoms with van der Waals surface area (Å²) in [6, 6.07) is 8.43. The van der Waals surface area contributed by atoms with Gasteiger partial charge in [0, 0.05) is 11.2 Å². The van der Waals surface area contributed by atoms with Crippen LogP contribution in [0.4, 0.5) is 0 Å². The topological polar surface area (TPSA) is 50.4 Å². The fraction of sp³-hybridized carbons (Fsp3) is 0.400. The van der Waals surface area contributed by atoms with Crippen molar-refractivity contribution in [1.82, 2.24) is 5.32 Å². The molecule has 0 amide bonds. The second-order valence-electron chi connectivity index (χ2n) is 5.14. The zero-order valence-electron chi connectivity index (χ0n) is 11.3. The van der Waals surface area contributed by atoms with Crippen molar-refractivity contribution in [3.63, 3.8) is 0 Å². The highest BCUT2D eigenvalue weighted by Gasteiger charge is 2.16. The minimum Gasteiger partial charge on any atom is -0.370 e. The molecule has 1 fully saturated rings. The molecule has 0 aliphatic heterocycles. The molecular weight excluding hydrogens is 381 g/mol. The number of hydrogen-bond donors (Lipinski definition) is 2. The average Bonchev–Trinajstić information content (AvgIpc) is 2.78. The van der Waals surface area contributed by atoms with Crippen molar-refractivity contribution in [2.45, 2.75) is 25.8 Å². The van der Waals surface area contributed by atoms with Gasteiger partial charge in [0.2, 0.25) is 0 Å². The van der Waals surface area contributed by atoms with Gasteiger partial charge in [-0.15, -0.1) is 35.3 Å². The maximum Gasteiger partial charge on any atom is 0.188 e. The number of halogens is 1. The van der Waals surface area contributed by atoms with Gasteiger partial charge in [-0.3, -0.25) is 0 Å². The minimum atomic E-state index is 0. The Balaban J connectivity index is 0.00000147. The Bertz CT molecular complexity index is 590. The van der Waals surface area contributed by atoms with Crippen LogP contribution in [-0.4, -0.2) is 12.5 Å². The molecule has 108 valence electrons. The molecule has 20 heavy (non-hydrogen) atoms. The lowest BCUT2D eigenvalue weighted by Gasteiger charge is -2.25. The maximum absolute atomic E-state index is 5.90. The van der Waals surface area contributed by atoms with Crippen molar-refractivity contribution >= 4 is 51.4 Å². The van der Waals surface area contributed by atoms with E-state index < -0.39 is 0 Å². The van der Waals surface area contributed by atoms with Crippen LogP contribution in [0, 0.1) is 5.92 Å². The zero-order chi connectivity index (χ0) is 13.1. The first-order valence-corrected chi connectivity index (χ1v) is 7.70. The number of benzene rings is 1. The van der Waals surface area contributed by atoms with E-state index in [9.17, 15) is 0 Å². The van der Waals surface area contributed by atoms with Gasteiger partial charge >= 0.3 is 0 Å². The van der Waals surface area contributed by atoms with Crippen LogP contribution in [0.2, 0.25) is 0 Å². The van der Waals surface area contributed by atoms with Gasteiger partial charge in [-0.05, 0) is 41.2 Å². The Labute approximate surface area is 140 Å². The number of rotatable bonds is 4. The van der Waals surface area contributed by atoms with Crippen LogP contribution >= 0.6 is 35.3 Å². The van der Waals surface area contributed by atoms with Gasteiger partial charge in [-0.2, -0.15) is 0 Å². The Morgan fingerprint density at radius 1 is 1.35 bits per heavy atom. The lowest BCUT2D eigenvalue weighted by atomic mass is 9.85. The predicted molar refractivity (Wildman–Crippen MR) is 97.9 cm³/mol. The Hall–Kier alpha value is -0.820. The highest BCUT2D eigenvalue weighted by Crippen LogP contribution is 2.26. The SMILES string of the molecule is I.NC(=NCc1csc2ccccc12)NCC1CCC1. The predicted octanol–water partition coefficient (Wildman–Crippen LogP) is 3.72. The molecule has 1 aromatic heterocycles. The molecule has 1 aromatic carbocycles. The molecule has 3 nitrogen and oxygen atoms in total. The Morgan fingerprint density at radius 3 is 2.90 bits per heavy atom. The number of nitrogens with one attached hydrogen (secondary N) is 1.